The molecule has 0 fully saturated rings. The second-order valence-electron chi connectivity index (χ2n) is 7.76. The number of anilines is 1. The van der Waals surface area contributed by atoms with Crippen molar-refractivity contribution in [3.63, 3.8) is 0 Å². The molecule has 1 N–H and O–H groups in total. The molecule has 0 aliphatic carbocycles. The zero-order valence-electron chi connectivity index (χ0n) is 18.0. The number of benzene rings is 2. The number of sulfonamides is 1. The summed E-state index contributed by atoms with van der Waals surface area (Å²) in [4.78, 5) is 12.3. The first kappa shape index (κ1) is 22.9. The highest BCUT2D eigenvalue weighted by Crippen LogP contribution is 2.34. The highest BCUT2D eigenvalue weighted by molar-refractivity contribution is 7.92. The van der Waals surface area contributed by atoms with E-state index < -0.39 is 10.0 Å². The van der Waals surface area contributed by atoms with Crippen molar-refractivity contribution in [3.8, 4) is 11.5 Å². The van der Waals surface area contributed by atoms with Crippen LogP contribution < -0.4 is 19.1 Å². The van der Waals surface area contributed by atoms with Gasteiger partial charge in [0.2, 0.25) is 15.9 Å². The maximum atomic E-state index is 12.3. The Labute approximate surface area is 184 Å². The topological polar surface area (TPSA) is 84.9 Å². The molecule has 1 heterocycles. The number of amides is 1. The molecule has 168 valence electrons. The smallest absolute Gasteiger partial charge is 0.232 e. The van der Waals surface area contributed by atoms with E-state index in [-0.39, 0.29) is 24.9 Å². The standard InChI is InChI=1S/C23H30N2O5S/c1-18(10-11-19-7-4-3-5-8-19)24-23(26)9-6-14-25(31(2,27)28)20-12-13-21-22(17-20)30-16-15-29-21/h3-5,7-8,12-13,17-18H,6,9-11,14-16H2,1-2H3,(H,24,26)/t18-/m1/s1. The first-order chi connectivity index (χ1) is 14.8. The van der Waals surface area contributed by atoms with Gasteiger partial charge in [0.25, 0.3) is 0 Å². The molecule has 0 saturated heterocycles. The molecule has 31 heavy (non-hydrogen) atoms. The average Bonchev–Trinajstić information content (AvgIpc) is 2.75. The Kier molecular flexibility index (Phi) is 7.79. The van der Waals surface area contributed by atoms with Gasteiger partial charge < -0.3 is 14.8 Å². The lowest BCUT2D eigenvalue weighted by molar-refractivity contribution is -0.121. The molecule has 0 unspecified atom stereocenters. The number of ether oxygens (including phenoxy) is 2. The van der Waals surface area contributed by atoms with Gasteiger partial charge in [0.05, 0.1) is 11.9 Å². The third kappa shape index (κ3) is 6.89. The Balaban J connectivity index is 1.50. The van der Waals surface area contributed by atoms with Gasteiger partial charge in [-0.25, -0.2) is 8.42 Å². The van der Waals surface area contributed by atoms with Crippen molar-refractivity contribution >= 4 is 21.6 Å². The fraction of sp³-hybridized carbons (Fsp3) is 0.435. The Bertz CT molecular complexity index is 979. The van der Waals surface area contributed by atoms with Crippen LogP contribution in [0.4, 0.5) is 5.69 Å². The van der Waals surface area contributed by atoms with E-state index in [0.29, 0.717) is 36.8 Å². The van der Waals surface area contributed by atoms with Crippen LogP contribution in [0.2, 0.25) is 0 Å². The number of nitrogens with zero attached hydrogens (tertiary/aromatic N) is 1. The molecule has 1 aliphatic heterocycles. The lowest BCUT2D eigenvalue weighted by Gasteiger charge is -2.25. The number of rotatable bonds is 10. The van der Waals surface area contributed by atoms with Crippen molar-refractivity contribution < 1.29 is 22.7 Å². The predicted molar refractivity (Wildman–Crippen MR) is 121 cm³/mol. The van der Waals surface area contributed by atoms with Gasteiger partial charge >= 0.3 is 0 Å². The molecule has 0 saturated carbocycles. The number of hydrogen-bond acceptors (Lipinski definition) is 5. The SMILES string of the molecule is C[C@H](CCc1ccccc1)NC(=O)CCCN(c1ccc2c(c1)OCCO2)S(C)(=O)=O. The molecule has 3 rings (SSSR count). The summed E-state index contributed by atoms with van der Waals surface area (Å²) >= 11 is 0. The van der Waals surface area contributed by atoms with Gasteiger partial charge in [-0.3, -0.25) is 9.10 Å². The molecule has 1 aliphatic rings. The summed E-state index contributed by atoms with van der Waals surface area (Å²) in [5.74, 6) is 1.06. The molecule has 0 bridgehead atoms. The molecule has 1 amide bonds. The van der Waals surface area contributed by atoms with Gasteiger partial charge in [0, 0.05) is 25.1 Å². The lowest BCUT2D eigenvalue weighted by atomic mass is 10.1. The molecule has 7 nitrogen and oxygen atoms in total. The maximum Gasteiger partial charge on any atom is 0.232 e. The molecule has 8 heteroatoms. The molecule has 0 aromatic heterocycles. The maximum absolute atomic E-state index is 12.3. The number of carbonyl (C=O) groups is 1. The number of fused-ring (bicyclic) bond motifs is 1. The van der Waals surface area contributed by atoms with E-state index in [1.807, 2.05) is 25.1 Å². The van der Waals surface area contributed by atoms with Crippen LogP contribution in [0.3, 0.4) is 0 Å². The monoisotopic (exact) mass is 446 g/mol. The van der Waals surface area contributed by atoms with Crippen molar-refractivity contribution in [1.29, 1.82) is 0 Å². The van der Waals surface area contributed by atoms with Crippen molar-refractivity contribution in [2.75, 3.05) is 30.3 Å². The van der Waals surface area contributed by atoms with Crippen LogP contribution in [0.1, 0.15) is 31.7 Å². The first-order valence-electron chi connectivity index (χ1n) is 10.5. The lowest BCUT2D eigenvalue weighted by Crippen LogP contribution is -2.35. The molecule has 0 spiro atoms. The predicted octanol–water partition coefficient (Wildman–Crippen LogP) is 3.14. The number of aryl methyl sites for hydroxylation is 1. The molecule has 1 atom stereocenters. The minimum absolute atomic E-state index is 0.0523. The van der Waals surface area contributed by atoms with E-state index in [4.69, 9.17) is 9.47 Å². The molecule has 2 aromatic carbocycles. The summed E-state index contributed by atoms with van der Waals surface area (Å²) in [6.45, 7) is 3.10. The van der Waals surface area contributed by atoms with Gasteiger partial charge in [-0.15, -0.1) is 0 Å². The van der Waals surface area contributed by atoms with Crippen molar-refractivity contribution in [1.82, 2.24) is 5.32 Å². The van der Waals surface area contributed by atoms with E-state index in [1.54, 1.807) is 18.2 Å². The third-order valence-corrected chi connectivity index (χ3v) is 6.29. The minimum atomic E-state index is -3.50. The number of hydrogen-bond donors (Lipinski definition) is 1. The summed E-state index contributed by atoms with van der Waals surface area (Å²) < 4.78 is 37.0. The average molecular weight is 447 g/mol. The van der Waals surface area contributed by atoms with Gasteiger partial charge in [-0.2, -0.15) is 0 Å². The highest BCUT2D eigenvalue weighted by atomic mass is 32.2. The summed E-state index contributed by atoms with van der Waals surface area (Å²) in [7, 11) is -3.50. The molecule has 0 radical (unpaired) electrons. The van der Waals surface area contributed by atoms with Crippen LogP contribution in [-0.2, 0) is 21.2 Å². The van der Waals surface area contributed by atoms with Crippen LogP contribution in [0, 0.1) is 0 Å². The Morgan fingerprint density at radius 3 is 2.52 bits per heavy atom. The Hall–Kier alpha value is -2.74. The van der Waals surface area contributed by atoms with E-state index in [0.717, 1.165) is 19.1 Å². The molecular weight excluding hydrogens is 416 g/mol. The van der Waals surface area contributed by atoms with Crippen LogP contribution in [0.25, 0.3) is 0 Å². The largest absolute Gasteiger partial charge is 0.486 e. The van der Waals surface area contributed by atoms with E-state index in [2.05, 4.69) is 17.4 Å². The summed E-state index contributed by atoms with van der Waals surface area (Å²) in [6, 6.07) is 15.3. The summed E-state index contributed by atoms with van der Waals surface area (Å²) in [6.07, 6.45) is 3.58. The second-order valence-corrected chi connectivity index (χ2v) is 9.67. The normalized spacial score (nSPS) is 14.0. The Morgan fingerprint density at radius 1 is 1.10 bits per heavy atom. The molecular formula is C23H30N2O5S. The fourth-order valence-corrected chi connectivity index (χ4v) is 4.46. The number of carbonyl (C=O) groups excluding carboxylic acids is 1. The summed E-state index contributed by atoms with van der Waals surface area (Å²) in [5, 5.41) is 3.00. The zero-order valence-corrected chi connectivity index (χ0v) is 18.9. The van der Waals surface area contributed by atoms with Crippen molar-refractivity contribution in [2.45, 2.75) is 38.6 Å². The van der Waals surface area contributed by atoms with Crippen LogP contribution >= 0.6 is 0 Å². The Morgan fingerprint density at radius 2 is 1.81 bits per heavy atom. The second kappa shape index (κ2) is 10.5. The third-order valence-electron chi connectivity index (χ3n) is 5.10. The van der Waals surface area contributed by atoms with Gasteiger partial charge in [-0.1, -0.05) is 30.3 Å². The van der Waals surface area contributed by atoms with E-state index in [9.17, 15) is 13.2 Å². The highest BCUT2D eigenvalue weighted by Gasteiger charge is 2.21. The summed E-state index contributed by atoms with van der Waals surface area (Å²) in [5.41, 5.74) is 1.75. The van der Waals surface area contributed by atoms with Crippen molar-refractivity contribution in [2.24, 2.45) is 0 Å². The zero-order chi connectivity index (χ0) is 22.3. The molecule has 2 aromatic rings. The fourth-order valence-electron chi connectivity index (χ4n) is 3.50. The van der Waals surface area contributed by atoms with Gasteiger partial charge in [0.1, 0.15) is 13.2 Å². The van der Waals surface area contributed by atoms with Crippen molar-refractivity contribution in [3.05, 3.63) is 54.1 Å². The van der Waals surface area contributed by atoms with Gasteiger partial charge in [-0.05, 0) is 43.9 Å². The van der Waals surface area contributed by atoms with Crippen LogP contribution in [0.5, 0.6) is 11.5 Å². The van der Waals surface area contributed by atoms with Gasteiger partial charge in [0.15, 0.2) is 11.5 Å². The first-order valence-corrected chi connectivity index (χ1v) is 12.4. The quantitative estimate of drug-likeness (QED) is 0.606. The number of nitrogens with one attached hydrogen (secondary N) is 1. The van der Waals surface area contributed by atoms with Crippen LogP contribution in [0.15, 0.2) is 48.5 Å². The minimum Gasteiger partial charge on any atom is -0.486 e. The van der Waals surface area contributed by atoms with Crippen LogP contribution in [-0.4, -0.2) is 46.4 Å². The van der Waals surface area contributed by atoms with E-state index >= 15 is 0 Å². The van der Waals surface area contributed by atoms with E-state index in [1.165, 1.54) is 9.87 Å².